The van der Waals surface area contributed by atoms with Crippen molar-refractivity contribution in [3.05, 3.63) is 29.8 Å². The monoisotopic (exact) mass is 246 g/mol. The lowest BCUT2D eigenvalue weighted by Crippen LogP contribution is -2.44. The molecule has 1 aliphatic heterocycles. The second-order valence-corrected chi connectivity index (χ2v) is 6.19. The molecule has 1 aromatic carbocycles. The largest absolute Gasteiger partial charge is 0.399 e. The van der Waals surface area contributed by atoms with Crippen molar-refractivity contribution in [2.45, 2.75) is 39.7 Å². The molecule has 1 aromatic rings. The third-order valence-electron chi connectivity index (χ3n) is 4.03. The Hall–Kier alpha value is -1.02. The SMILES string of the molecule is CC1CC(C)CN(C(C)Cc2ccc(N)cc2)C1. The lowest BCUT2D eigenvalue weighted by molar-refractivity contribution is 0.103. The van der Waals surface area contributed by atoms with Crippen LogP contribution >= 0.6 is 0 Å². The van der Waals surface area contributed by atoms with Crippen LogP contribution in [0.1, 0.15) is 32.8 Å². The normalized spacial score (nSPS) is 27.1. The zero-order chi connectivity index (χ0) is 13.1. The first-order valence-electron chi connectivity index (χ1n) is 7.13. The zero-order valence-electron chi connectivity index (χ0n) is 11.9. The standard InChI is InChI=1S/C16H26N2/c1-12-8-13(2)11-18(10-12)14(3)9-15-4-6-16(17)7-5-15/h4-7,12-14H,8-11,17H2,1-3H3. The van der Waals surface area contributed by atoms with Gasteiger partial charge in [-0.25, -0.2) is 0 Å². The number of rotatable bonds is 3. The average molecular weight is 246 g/mol. The molecule has 1 aliphatic rings. The van der Waals surface area contributed by atoms with Crippen molar-refractivity contribution >= 4 is 5.69 Å². The summed E-state index contributed by atoms with van der Waals surface area (Å²) in [6.45, 7) is 9.60. The van der Waals surface area contributed by atoms with Crippen LogP contribution < -0.4 is 5.73 Å². The summed E-state index contributed by atoms with van der Waals surface area (Å²) in [7, 11) is 0. The Morgan fingerprint density at radius 1 is 1.17 bits per heavy atom. The van der Waals surface area contributed by atoms with E-state index in [0.29, 0.717) is 6.04 Å². The van der Waals surface area contributed by atoms with Gasteiger partial charge in [-0.3, -0.25) is 4.90 Å². The van der Waals surface area contributed by atoms with Crippen molar-refractivity contribution in [2.24, 2.45) is 11.8 Å². The van der Waals surface area contributed by atoms with Crippen molar-refractivity contribution in [1.29, 1.82) is 0 Å². The van der Waals surface area contributed by atoms with Gasteiger partial charge in [0.1, 0.15) is 0 Å². The predicted molar refractivity (Wildman–Crippen MR) is 78.5 cm³/mol. The van der Waals surface area contributed by atoms with Gasteiger partial charge in [-0.1, -0.05) is 26.0 Å². The van der Waals surface area contributed by atoms with Crippen LogP contribution in [-0.4, -0.2) is 24.0 Å². The van der Waals surface area contributed by atoms with Crippen LogP contribution in [0, 0.1) is 11.8 Å². The Labute approximate surface area is 111 Å². The molecule has 0 saturated carbocycles. The fourth-order valence-electron chi connectivity index (χ4n) is 3.19. The van der Waals surface area contributed by atoms with Gasteiger partial charge in [-0.2, -0.15) is 0 Å². The lowest BCUT2D eigenvalue weighted by Gasteiger charge is -2.39. The van der Waals surface area contributed by atoms with Crippen LogP contribution in [0.25, 0.3) is 0 Å². The Kier molecular flexibility index (Phi) is 4.28. The molecule has 0 aromatic heterocycles. The molecular formula is C16H26N2. The van der Waals surface area contributed by atoms with Crippen LogP contribution in [0.5, 0.6) is 0 Å². The highest BCUT2D eigenvalue weighted by Crippen LogP contribution is 2.23. The fourth-order valence-corrected chi connectivity index (χ4v) is 3.19. The molecule has 0 amide bonds. The first-order valence-corrected chi connectivity index (χ1v) is 7.13. The highest BCUT2D eigenvalue weighted by atomic mass is 15.2. The van der Waals surface area contributed by atoms with Crippen molar-refractivity contribution in [2.75, 3.05) is 18.8 Å². The molecular weight excluding hydrogens is 220 g/mol. The van der Waals surface area contributed by atoms with Crippen LogP contribution in [-0.2, 0) is 6.42 Å². The summed E-state index contributed by atoms with van der Waals surface area (Å²) < 4.78 is 0. The molecule has 1 fully saturated rings. The molecule has 18 heavy (non-hydrogen) atoms. The molecule has 3 atom stereocenters. The van der Waals surface area contributed by atoms with Gasteiger partial charge in [-0.15, -0.1) is 0 Å². The summed E-state index contributed by atoms with van der Waals surface area (Å²) in [4.78, 5) is 2.65. The number of nitrogen functional groups attached to an aromatic ring is 1. The zero-order valence-corrected chi connectivity index (χ0v) is 11.9. The van der Waals surface area contributed by atoms with E-state index in [9.17, 15) is 0 Å². The maximum absolute atomic E-state index is 5.73. The molecule has 2 N–H and O–H groups in total. The van der Waals surface area contributed by atoms with Crippen LogP contribution in [0.2, 0.25) is 0 Å². The summed E-state index contributed by atoms with van der Waals surface area (Å²) in [5.74, 6) is 1.67. The maximum Gasteiger partial charge on any atom is 0.0314 e. The lowest BCUT2D eigenvalue weighted by atomic mass is 9.90. The van der Waals surface area contributed by atoms with Gasteiger partial charge < -0.3 is 5.73 Å². The second-order valence-electron chi connectivity index (χ2n) is 6.19. The highest BCUT2D eigenvalue weighted by molar-refractivity contribution is 5.39. The topological polar surface area (TPSA) is 29.3 Å². The number of benzene rings is 1. The van der Waals surface area contributed by atoms with E-state index in [0.717, 1.165) is 23.9 Å². The van der Waals surface area contributed by atoms with Crippen molar-refractivity contribution < 1.29 is 0 Å². The summed E-state index contributed by atoms with van der Waals surface area (Å²) >= 11 is 0. The third-order valence-corrected chi connectivity index (χ3v) is 4.03. The molecule has 2 rings (SSSR count). The maximum atomic E-state index is 5.73. The van der Waals surface area contributed by atoms with Gasteiger partial charge >= 0.3 is 0 Å². The van der Waals surface area contributed by atoms with Gasteiger partial charge in [0, 0.05) is 24.8 Å². The Morgan fingerprint density at radius 3 is 2.28 bits per heavy atom. The van der Waals surface area contributed by atoms with E-state index in [2.05, 4.69) is 37.8 Å². The Morgan fingerprint density at radius 2 is 1.72 bits per heavy atom. The van der Waals surface area contributed by atoms with Gasteiger partial charge in [0.05, 0.1) is 0 Å². The minimum atomic E-state index is 0.624. The summed E-state index contributed by atoms with van der Waals surface area (Å²) in [6.07, 6.45) is 2.50. The first kappa shape index (κ1) is 13.4. The quantitative estimate of drug-likeness (QED) is 0.830. The smallest absolute Gasteiger partial charge is 0.0314 e. The molecule has 0 bridgehead atoms. The predicted octanol–water partition coefficient (Wildman–Crippen LogP) is 3.18. The number of anilines is 1. The average Bonchev–Trinajstić information content (AvgIpc) is 2.31. The van der Waals surface area contributed by atoms with Crippen molar-refractivity contribution in [3.63, 3.8) is 0 Å². The molecule has 3 unspecified atom stereocenters. The molecule has 2 heteroatoms. The minimum Gasteiger partial charge on any atom is -0.399 e. The van der Waals surface area contributed by atoms with Crippen molar-refractivity contribution in [1.82, 2.24) is 4.90 Å². The van der Waals surface area contributed by atoms with Gasteiger partial charge in [0.15, 0.2) is 0 Å². The molecule has 100 valence electrons. The number of piperidine rings is 1. The van der Waals surface area contributed by atoms with E-state index in [-0.39, 0.29) is 0 Å². The summed E-state index contributed by atoms with van der Waals surface area (Å²) in [5.41, 5.74) is 7.97. The van der Waals surface area contributed by atoms with E-state index < -0.39 is 0 Å². The first-order chi connectivity index (χ1) is 8.54. The molecule has 0 radical (unpaired) electrons. The number of hydrogen-bond donors (Lipinski definition) is 1. The Balaban J connectivity index is 1.94. The van der Waals surface area contributed by atoms with Crippen LogP contribution in [0.4, 0.5) is 5.69 Å². The van der Waals surface area contributed by atoms with Crippen LogP contribution in [0.15, 0.2) is 24.3 Å². The molecule has 1 saturated heterocycles. The third kappa shape index (κ3) is 3.49. The number of likely N-dealkylation sites (tertiary alicyclic amines) is 1. The summed E-state index contributed by atoms with van der Waals surface area (Å²) in [6, 6.07) is 8.94. The molecule has 2 nitrogen and oxygen atoms in total. The number of nitrogens with zero attached hydrogens (tertiary/aromatic N) is 1. The van der Waals surface area contributed by atoms with Gasteiger partial charge in [-0.05, 0) is 49.3 Å². The van der Waals surface area contributed by atoms with E-state index >= 15 is 0 Å². The second kappa shape index (κ2) is 5.75. The van der Waals surface area contributed by atoms with Gasteiger partial charge in [0.25, 0.3) is 0 Å². The van der Waals surface area contributed by atoms with Crippen LogP contribution in [0.3, 0.4) is 0 Å². The van der Waals surface area contributed by atoms with E-state index in [4.69, 9.17) is 5.73 Å². The number of hydrogen-bond acceptors (Lipinski definition) is 2. The van der Waals surface area contributed by atoms with E-state index in [1.165, 1.54) is 25.1 Å². The summed E-state index contributed by atoms with van der Waals surface area (Å²) in [5, 5.41) is 0. The Bertz CT molecular complexity index is 361. The van der Waals surface area contributed by atoms with E-state index in [1.54, 1.807) is 0 Å². The number of nitrogens with two attached hydrogens (primary N) is 1. The highest BCUT2D eigenvalue weighted by Gasteiger charge is 2.25. The minimum absolute atomic E-state index is 0.624. The molecule has 0 aliphatic carbocycles. The fraction of sp³-hybridized carbons (Fsp3) is 0.625. The van der Waals surface area contributed by atoms with E-state index in [1.807, 2.05) is 12.1 Å². The molecule has 1 heterocycles. The van der Waals surface area contributed by atoms with Gasteiger partial charge in [0.2, 0.25) is 0 Å². The molecule has 0 spiro atoms. The van der Waals surface area contributed by atoms with Crippen molar-refractivity contribution in [3.8, 4) is 0 Å².